The molecule has 3 aliphatic rings. The molecule has 3 aliphatic heterocycles. The van der Waals surface area contributed by atoms with E-state index in [0.29, 0.717) is 0 Å². The molecular formula is C93H91BN6O. The fourth-order valence-corrected chi connectivity index (χ4v) is 16.3. The minimum atomic E-state index is -1.11. The molecule has 14 aromatic rings. The molecule has 0 saturated heterocycles. The molecule has 0 fully saturated rings. The molecular weight excluding hydrogens is 1230 g/mol. The van der Waals surface area contributed by atoms with Crippen LogP contribution in [-0.4, -0.2) is 40.6 Å². The molecule has 0 spiro atoms. The van der Waals surface area contributed by atoms with Crippen LogP contribution in [0.1, 0.15) is 186 Å². The molecule has 4 bridgehead atoms. The smallest absolute Gasteiger partial charge is 0.413 e. The number of allylic oxidation sites excluding steroid dienone is 2. The van der Waals surface area contributed by atoms with E-state index in [1.165, 1.54) is 98.8 Å². The number of benzene rings is 9. The number of aliphatic imine (C=N–C) groups is 1. The van der Waals surface area contributed by atoms with Gasteiger partial charge in [0.2, 0.25) is 0 Å². The summed E-state index contributed by atoms with van der Waals surface area (Å²) in [6, 6.07) is 78.3. The Morgan fingerprint density at radius 3 is 0.842 bits per heavy atom. The fraction of sp³-hybridized carbons (Fsp3) is 0.258. The van der Waals surface area contributed by atoms with Crippen molar-refractivity contribution >= 4 is 95.0 Å². The molecule has 0 amide bonds. The van der Waals surface area contributed by atoms with Crippen LogP contribution in [-0.2, 0) is 32.5 Å². The molecule has 0 atom stereocenters. The molecule has 9 aromatic carbocycles. The molecule has 0 saturated carbocycles. The van der Waals surface area contributed by atoms with Crippen LogP contribution in [0.4, 0.5) is 0 Å². The summed E-state index contributed by atoms with van der Waals surface area (Å²) in [6.07, 6.45) is 4.37. The van der Waals surface area contributed by atoms with Crippen molar-refractivity contribution in [3.8, 4) is 17.1 Å². The van der Waals surface area contributed by atoms with Crippen LogP contribution in [0, 0.1) is 0 Å². The van der Waals surface area contributed by atoms with E-state index in [1.807, 2.05) is 0 Å². The summed E-state index contributed by atoms with van der Waals surface area (Å²) < 4.78 is 11.6. The third-order valence-electron chi connectivity index (χ3n) is 22.2. The van der Waals surface area contributed by atoms with Gasteiger partial charge in [-0.3, -0.25) is 0 Å². The van der Waals surface area contributed by atoms with Crippen LogP contribution in [0.5, 0.6) is 0 Å². The van der Waals surface area contributed by atoms with Gasteiger partial charge in [-0.15, -0.1) is 0 Å². The average Bonchev–Trinajstić information content (AvgIpc) is 1.65. The third-order valence-corrected chi connectivity index (χ3v) is 22.2. The molecule has 8 heteroatoms. The maximum absolute atomic E-state index is 13.7. The highest BCUT2D eigenvalue weighted by Crippen LogP contribution is 2.44. The Morgan fingerprint density at radius 1 is 0.277 bits per heavy atom. The molecule has 7 nitrogen and oxygen atoms in total. The van der Waals surface area contributed by atoms with E-state index >= 15 is 0 Å². The standard InChI is InChI=1S/C93H91BN6O/c1-88(2,3)58-25-39-75-67(49-58)68-50-59(89(4,5)6)26-40-76(68)96(75)64-31-19-55(20-32-64)85-73-37-38-74(95-73)86(56-21-33-65(34-22-56)97-77-41-27-60(90(7,8)9)51-69(77)70-52-61(91(10,11)12)28-42-78(70)97)82-46-48-84-87(83-47-45-81(85)99(83)94(101)100(82)84)57-23-35-66(36-24-57)98-79-43-29-62(92(13,14)15)53-71(79)72-54-63(93(16,17)18)30-44-80(72)98/h19-54,101H,1-18H3. The van der Waals surface area contributed by atoms with Gasteiger partial charge >= 0.3 is 7.19 Å². The summed E-state index contributed by atoms with van der Waals surface area (Å²) in [7, 11) is -1.11. The van der Waals surface area contributed by atoms with Gasteiger partial charge in [-0.25, -0.2) is 4.99 Å². The number of hydrogen-bond donors (Lipinski definition) is 1. The monoisotopic (exact) mass is 1320 g/mol. The zero-order chi connectivity index (χ0) is 70.7. The zero-order valence-corrected chi connectivity index (χ0v) is 62.0. The molecule has 0 radical (unpaired) electrons. The van der Waals surface area contributed by atoms with E-state index < -0.39 is 7.19 Å². The highest BCUT2D eigenvalue weighted by molar-refractivity contribution is 6.49. The average molecular weight is 1320 g/mol. The van der Waals surface area contributed by atoms with E-state index in [-0.39, 0.29) is 32.5 Å². The van der Waals surface area contributed by atoms with Gasteiger partial charge in [0.25, 0.3) is 0 Å². The Kier molecular flexibility index (Phi) is 14.0. The molecule has 0 unspecified atom stereocenters. The van der Waals surface area contributed by atoms with Gasteiger partial charge < -0.3 is 27.7 Å². The zero-order valence-electron chi connectivity index (χ0n) is 62.0. The second-order valence-corrected chi connectivity index (χ2v) is 35.2. The second-order valence-electron chi connectivity index (χ2n) is 35.2. The maximum Gasteiger partial charge on any atom is 0.555 e. The molecule has 1 N–H and O–H groups in total. The van der Waals surface area contributed by atoms with Gasteiger partial charge in [0, 0.05) is 88.2 Å². The first-order valence-electron chi connectivity index (χ1n) is 36.3. The van der Waals surface area contributed by atoms with Crippen LogP contribution >= 0.6 is 0 Å². The van der Waals surface area contributed by atoms with E-state index in [0.717, 1.165) is 84.0 Å². The van der Waals surface area contributed by atoms with Crippen LogP contribution in [0.25, 0.3) is 99.2 Å². The largest absolute Gasteiger partial charge is 0.555 e. The van der Waals surface area contributed by atoms with Crippen molar-refractivity contribution in [3.63, 3.8) is 0 Å². The first-order valence-corrected chi connectivity index (χ1v) is 36.3. The molecule has 5 aromatic heterocycles. The van der Waals surface area contributed by atoms with E-state index in [4.69, 9.17) is 4.99 Å². The Bertz CT molecular complexity index is 5880. The number of aromatic nitrogens is 5. The summed E-state index contributed by atoms with van der Waals surface area (Å²) in [4.78, 5) is 5.72. The summed E-state index contributed by atoms with van der Waals surface area (Å²) in [5, 5.41) is 23.0. The summed E-state index contributed by atoms with van der Waals surface area (Å²) in [6.45, 7) is 41.4. The molecule has 17 rings (SSSR count). The lowest BCUT2D eigenvalue weighted by molar-refractivity contribution is 0.529. The van der Waals surface area contributed by atoms with Crippen molar-refractivity contribution in [2.75, 3.05) is 0 Å². The summed E-state index contributed by atoms with van der Waals surface area (Å²) in [5.41, 5.74) is 27.6. The minimum Gasteiger partial charge on any atom is -0.413 e. The highest BCUT2D eigenvalue weighted by Gasteiger charge is 2.37. The Hall–Kier alpha value is -10.1. The number of hydrogen-bond acceptors (Lipinski definition) is 2. The lowest BCUT2D eigenvalue weighted by Crippen LogP contribution is -2.51. The second kappa shape index (κ2) is 21.9. The summed E-state index contributed by atoms with van der Waals surface area (Å²) in [5.74, 6) is 0. The van der Waals surface area contributed by atoms with Gasteiger partial charge in [-0.05, 0) is 228 Å². The fourth-order valence-electron chi connectivity index (χ4n) is 16.3. The van der Waals surface area contributed by atoms with Crippen LogP contribution < -0.4 is 10.7 Å². The number of nitrogens with zero attached hydrogens (tertiary/aromatic N) is 6. The van der Waals surface area contributed by atoms with Gasteiger partial charge in [0.15, 0.2) is 0 Å². The quantitative estimate of drug-likeness (QED) is 0.166. The minimum absolute atomic E-state index is 0.00931. The molecule has 8 heterocycles. The van der Waals surface area contributed by atoms with Gasteiger partial charge in [0.1, 0.15) is 0 Å². The van der Waals surface area contributed by atoms with Crippen molar-refractivity contribution < 1.29 is 5.02 Å². The van der Waals surface area contributed by atoms with Gasteiger partial charge in [-0.1, -0.05) is 197 Å². The molecule has 0 aliphatic carbocycles. The highest BCUT2D eigenvalue weighted by atomic mass is 16.2. The van der Waals surface area contributed by atoms with E-state index in [9.17, 15) is 5.02 Å². The Labute approximate surface area is 594 Å². The number of rotatable bonds is 6. The van der Waals surface area contributed by atoms with E-state index in [2.05, 4.69) is 366 Å². The third kappa shape index (κ3) is 10.2. The van der Waals surface area contributed by atoms with Crippen molar-refractivity contribution in [2.24, 2.45) is 4.99 Å². The van der Waals surface area contributed by atoms with Crippen molar-refractivity contribution in [3.05, 3.63) is 296 Å². The lowest BCUT2D eigenvalue weighted by atomic mass is 9.85. The van der Waals surface area contributed by atoms with Crippen LogP contribution in [0.15, 0.2) is 229 Å². The topological polar surface area (TPSA) is 57.2 Å². The van der Waals surface area contributed by atoms with Crippen LogP contribution in [0.2, 0.25) is 0 Å². The maximum atomic E-state index is 13.7. The van der Waals surface area contributed by atoms with Crippen molar-refractivity contribution in [1.82, 2.24) is 22.7 Å². The Morgan fingerprint density at radius 2 is 0.545 bits per heavy atom. The predicted molar refractivity (Wildman–Crippen MR) is 428 cm³/mol. The lowest BCUT2D eigenvalue weighted by Gasteiger charge is -2.27. The number of fused-ring (bicyclic) bond motifs is 10. The normalized spacial score (nSPS) is 14.6. The predicted octanol–water partition coefficient (Wildman–Crippen LogP) is 21.3. The van der Waals surface area contributed by atoms with Crippen LogP contribution in [0.3, 0.4) is 0 Å². The SMILES string of the molecule is CC(C)(C)c1ccc2c(c1)c1cc(C(C)(C)C)ccc1n2-c1ccc(C2=C3C=CC(=N3)C(c3ccc(-n4c5ccc(C(C)(C)C)cc5c5cc(C(C)(C)C)ccc54)cc3)=c3ccc4n3B(O)n3c2ccc3C=4c2ccc(-n3c4ccc(C(C)(C)C)cc4c4cc(C(C)(C)C)ccc43)cc2)cc1. The molecule has 101 heavy (non-hydrogen) atoms. The Balaban J connectivity index is 0.863. The molecule has 502 valence electrons. The van der Waals surface area contributed by atoms with Crippen molar-refractivity contribution in [1.29, 1.82) is 0 Å². The first-order chi connectivity index (χ1) is 47.8. The summed E-state index contributed by atoms with van der Waals surface area (Å²) >= 11 is 0. The van der Waals surface area contributed by atoms with E-state index in [1.54, 1.807) is 0 Å². The first kappa shape index (κ1) is 64.2. The van der Waals surface area contributed by atoms with Gasteiger partial charge in [-0.2, -0.15) is 0 Å². The van der Waals surface area contributed by atoms with Crippen molar-refractivity contribution in [2.45, 2.75) is 157 Å². The van der Waals surface area contributed by atoms with Gasteiger partial charge in [0.05, 0.1) is 44.5 Å².